The lowest BCUT2D eigenvalue weighted by atomic mass is 9.94. The number of carbonyl (C=O) groups is 1. The van der Waals surface area contributed by atoms with Crippen molar-refractivity contribution in [3.63, 3.8) is 0 Å². The van der Waals surface area contributed by atoms with E-state index in [0.29, 0.717) is 6.04 Å². The number of amides is 1. The minimum atomic E-state index is -0.218. The predicted molar refractivity (Wildman–Crippen MR) is 35.7 cm³/mol. The lowest BCUT2D eigenvalue weighted by Gasteiger charge is -2.19. The fourth-order valence-electron chi connectivity index (χ4n) is 1.68. The van der Waals surface area contributed by atoms with Gasteiger partial charge in [-0.25, -0.2) is 4.79 Å². The normalized spacial score (nSPS) is 38.2. The van der Waals surface area contributed by atoms with Gasteiger partial charge < -0.3 is 10.1 Å². The Labute approximate surface area is 59.7 Å². The van der Waals surface area contributed by atoms with Crippen molar-refractivity contribution in [1.82, 2.24) is 5.32 Å². The van der Waals surface area contributed by atoms with E-state index in [1.165, 1.54) is 0 Å². The van der Waals surface area contributed by atoms with Gasteiger partial charge in [0.05, 0.1) is 0 Å². The lowest BCUT2D eigenvalue weighted by Crippen LogP contribution is -2.31. The number of hydrogen-bond acceptors (Lipinski definition) is 2. The van der Waals surface area contributed by atoms with Gasteiger partial charge in [-0.2, -0.15) is 0 Å². The number of hydrogen-bond donors (Lipinski definition) is 1. The maximum Gasteiger partial charge on any atom is 0.407 e. The van der Waals surface area contributed by atoms with Crippen molar-refractivity contribution in [3.05, 3.63) is 0 Å². The molecule has 3 fully saturated rings. The SMILES string of the molecule is O=C1NC2CCC(CC2)O1. The Morgan fingerprint density at radius 3 is 2.70 bits per heavy atom. The summed E-state index contributed by atoms with van der Waals surface area (Å²) in [7, 11) is 0. The molecule has 1 N–H and O–H groups in total. The third-order valence-corrected chi connectivity index (χ3v) is 2.27. The summed E-state index contributed by atoms with van der Waals surface area (Å²) in [6.45, 7) is 0. The molecule has 0 aromatic heterocycles. The number of alkyl carbamates (subject to hydrolysis) is 1. The van der Waals surface area contributed by atoms with Crippen molar-refractivity contribution in [1.29, 1.82) is 0 Å². The highest BCUT2D eigenvalue weighted by Gasteiger charge is 2.29. The van der Waals surface area contributed by atoms with Crippen LogP contribution in [-0.2, 0) is 4.74 Å². The summed E-state index contributed by atoms with van der Waals surface area (Å²) < 4.78 is 5.05. The van der Waals surface area contributed by atoms with Crippen LogP contribution in [0.3, 0.4) is 0 Å². The largest absolute Gasteiger partial charge is 0.446 e. The van der Waals surface area contributed by atoms with Gasteiger partial charge in [0, 0.05) is 6.04 Å². The minimum absolute atomic E-state index is 0.207. The first-order valence-corrected chi connectivity index (χ1v) is 3.82. The Bertz CT molecular complexity index is 134. The second-order valence-electron chi connectivity index (χ2n) is 3.02. The average molecular weight is 141 g/mol. The Morgan fingerprint density at radius 1 is 1.30 bits per heavy atom. The Kier molecular flexibility index (Phi) is 1.29. The van der Waals surface area contributed by atoms with Gasteiger partial charge in [-0.15, -0.1) is 0 Å². The molecule has 2 aliphatic heterocycles. The van der Waals surface area contributed by atoms with Crippen molar-refractivity contribution in [2.45, 2.75) is 37.8 Å². The van der Waals surface area contributed by atoms with Gasteiger partial charge in [-0.3, -0.25) is 0 Å². The quantitative estimate of drug-likeness (QED) is 0.547. The molecule has 0 unspecified atom stereocenters. The van der Waals surface area contributed by atoms with E-state index in [-0.39, 0.29) is 12.2 Å². The fraction of sp³-hybridized carbons (Fsp3) is 0.857. The maximum atomic E-state index is 10.8. The zero-order chi connectivity index (χ0) is 6.97. The second kappa shape index (κ2) is 2.15. The highest BCUT2D eigenvalue weighted by atomic mass is 16.6. The van der Waals surface area contributed by atoms with Crippen LogP contribution in [0, 0.1) is 0 Å². The average Bonchev–Trinajstić information content (AvgIpc) is 2.17. The number of nitrogens with one attached hydrogen (secondary N) is 1. The molecule has 1 amide bonds. The zero-order valence-corrected chi connectivity index (χ0v) is 5.80. The van der Waals surface area contributed by atoms with Gasteiger partial charge >= 0.3 is 6.09 Å². The summed E-state index contributed by atoms with van der Waals surface area (Å²) in [5.41, 5.74) is 0. The Balaban J connectivity index is 2.12. The summed E-state index contributed by atoms with van der Waals surface area (Å²) in [6.07, 6.45) is 4.27. The summed E-state index contributed by atoms with van der Waals surface area (Å²) in [4.78, 5) is 10.8. The molecule has 3 aliphatic rings. The van der Waals surface area contributed by atoms with Crippen LogP contribution in [0.15, 0.2) is 0 Å². The van der Waals surface area contributed by atoms with E-state index in [2.05, 4.69) is 5.32 Å². The van der Waals surface area contributed by atoms with Crippen molar-refractivity contribution in [2.75, 3.05) is 0 Å². The van der Waals surface area contributed by atoms with Gasteiger partial charge in [0.1, 0.15) is 6.10 Å². The molecule has 0 aromatic rings. The first-order chi connectivity index (χ1) is 4.84. The highest BCUT2D eigenvalue weighted by Crippen LogP contribution is 2.24. The van der Waals surface area contributed by atoms with E-state index in [9.17, 15) is 4.79 Å². The smallest absolute Gasteiger partial charge is 0.407 e. The molecule has 2 heterocycles. The van der Waals surface area contributed by atoms with Crippen LogP contribution >= 0.6 is 0 Å². The molecule has 3 rings (SSSR count). The Morgan fingerprint density at radius 2 is 2.00 bits per heavy atom. The van der Waals surface area contributed by atoms with Gasteiger partial charge in [0.25, 0.3) is 0 Å². The molecule has 1 saturated carbocycles. The lowest BCUT2D eigenvalue weighted by molar-refractivity contribution is 0.0980. The Hall–Kier alpha value is -0.730. The molecule has 10 heavy (non-hydrogen) atoms. The third-order valence-electron chi connectivity index (χ3n) is 2.27. The van der Waals surface area contributed by atoms with Crippen LogP contribution in [0.1, 0.15) is 25.7 Å². The van der Waals surface area contributed by atoms with Crippen LogP contribution in [0.2, 0.25) is 0 Å². The van der Waals surface area contributed by atoms with Crippen molar-refractivity contribution >= 4 is 6.09 Å². The molecule has 3 nitrogen and oxygen atoms in total. The molecule has 0 atom stereocenters. The fourth-order valence-corrected chi connectivity index (χ4v) is 1.68. The van der Waals surface area contributed by atoms with E-state index >= 15 is 0 Å². The molecule has 0 spiro atoms. The van der Waals surface area contributed by atoms with Crippen LogP contribution in [0.5, 0.6) is 0 Å². The monoisotopic (exact) mass is 141 g/mol. The van der Waals surface area contributed by atoms with Crippen LogP contribution in [0.25, 0.3) is 0 Å². The standard InChI is InChI=1S/C7H11NO2/c9-7-8-5-1-3-6(10-7)4-2-5/h5-6H,1-4H2,(H,8,9). The van der Waals surface area contributed by atoms with Crippen molar-refractivity contribution < 1.29 is 9.53 Å². The van der Waals surface area contributed by atoms with E-state index in [0.717, 1.165) is 25.7 Å². The summed E-state index contributed by atoms with van der Waals surface area (Å²) in [5.74, 6) is 0. The van der Waals surface area contributed by atoms with Crippen molar-refractivity contribution in [2.24, 2.45) is 0 Å². The first kappa shape index (κ1) is 6.01. The molecular weight excluding hydrogens is 130 g/mol. The van der Waals surface area contributed by atoms with Crippen LogP contribution in [-0.4, -0.2) is 18.2 Å². The first-order valence-electron chi connectivity index (χ1n) is 3.82. The van der Waals surface area contributed by atoms with E-state index in [1.54, 1.807) is 0 Å². The van der Waals surface area contributed by atoms with Gasteiger partial charge in [-0.1, -0.05) is 0 Å². The summed E-state index contributed by atoms with van der Waals surface area (Å²) in [5, 5.41) is 2.81. The maximum absolute atomic E-state index is 10.8. The molecule has 0 radical (unpaired) electrons. The highest BCUT2D eigenvalue weighted by molar-refractivity contribution is 5.68. The molecular formula is C7H11NO2. The molecule has 0 aromatic carbocycles. The van der Waals surface area contributed by atoms with Gasteiger partial charge in [-0.05, 0) is 25.7 Å². The molecule has 1 aliphatic carbocycles. The number of fused-ring (bicyclic) bond motifs is 4. The summed E-state index contributed by atoms with van der Waals surface area (Å²) in [6, 6.07) is 0.395. The predicted octanol–water partition coefficient (Wildman–Crippen LogP) is 1.04. The molecule has 2 saturated heterocycles. The van der Waals surface area contributed by atoms with E-state index in [4.69, 9.17) is 4.74 Å². The van der Waals surface area contributed by atoms with Crippen molar-refractivity contribution in [3.8, 4) is 0 Å². The van der Waals surface area contributed by atoms with E-state index in [1.807, 2.05) is 0 Å². The van der Waals surface area contributed by atoms with Crippen LogP contribution < -0.4 is 5.32 Å². The van der Waals surface area contributed by atoms with Gasteiger partial charge in [0.15, 0.2) is 0 Å². The number of ether oxygens (including phenoxy) is 1. The van der Waals surface area contributed by atoms with E-state index < -0.39 is 0 Å². The van der Waals surface area contributed by atoms with Crippen LogP contribution in [0.4, 0.5) is 4.79 Å². The number of rotatable bonds is 0. The molecule has 2 bridgehead atoms. The molecule has 56 valence electrons. The minimum Gasteiger partial charge on any atom is -0.446 e. The van der Waals surface area contributed by atoms with Gasteiger partial charge in [0.2, 0.25) is 0 Å². The zero-order valence-electron chi connectivity index (χ0n) is 5.80. The molecule has 3 heteroatoms. The topological polar surface area (TPSA) is 38.3 Å². The third kappa shape index (κ3) is 0.958. The second-order valence-corrected chi connectivity index (χ2v) is 3.02. The number of carbonyl (C=O) groups excluding carboxylic acids is 1. The summed E-state index contributed by atoms with van der Waals surface area (Å²) >= 11 is 0.